The van der Waals surface area contributed by atoms with Crippen molar-refractivity contribution in [2.75, 3.05) is 6.54 Å². The Kier molecular flexibility index (Phi) is 3.78. The van der Waals surface area contributed by atoms with E-state index < -0.39 is 23.7 Å². The lowest BCUT2D eigenvalue weighted by Gasteiger charge is -2.35. The van der Waals surface area contributed by atoms with Gasteiger partial charge >= 0.3 is 12.1 Å². The van der Waals surface area contributed by atoms with Crippen LogP contribution in [0.5, 0.6) is 0 Å². The van der Waals surface area contributed by atoms with Crippen molar-refractivity contribution in [1.82, 2.24) is 4.90 Å². The number of rotatable bonds is 2. The number of likely N-dealkylation sites (tertiary alicyclic amines) is 1. The van der Waals surface area contributed by atoms with Crippen LogP contribution in [0.4, 0.5) is 4.79 Å². The van der Waals surface area contributed by atoms with Crippen molar-refractivity contribution in [1.29, 1.82) is 0 Å². The van der Waals surface area contributed by atoms with E-state index in [1.54, 1.807) is 0 Å². The van der Waals surface area contributed by atoms with Crippen LogP contribution in [0.25, 0.3) is 0 Å². The van der Waals surface area contributed by atoms with Crippen molar-refractivity contribution in [3.8, 4) is 0 Å². The highest BCUT2D eigenvalue weighted by molar-refractivity contribution is 5.80. The number of hydrogen-bond acceptors (Lipinski definition) is 3. The zero-order valence-corrected chi connectivity index (χ0v) is 10.9. The molecule has 1 atom stereocenters. The summed E-state index contributed by atoms with van der Waals surface area (Å²) in [6.07, 6.45) is 5.91. The van der Waals surface area contributed by atoms with E-state index >= 15 is 0 Å². The van der Waals surface area contributed by atoms with Gasteiger partial charge in [-0.05, 0) is 45.4 Å². The number of carboxylic acids is 1. The highest BCUT2D eigenvalue weighted by Crippen LogP contribution is 2.32. The van der Waals surface area contributed by atoms with Crippen LogP contribution in [0.2, 0.25) is 0 Å². The normalized spacial score (nSPS) is 26.9. The van der Waals surface area contributed by atoms with Gasteiger partial charge in [0.15, 0.2) is 0 Å². The number of hydrogen-bond donors (Lipinski definition) is 1. The number of carbonyl (C=O) groups excluding carboxylic acids is 1. The van der Waals surface area contributed by atoms with Gasteiger partial charge in [0.1, 0.15) is 11.6 Å². The van der Waals surface area contributed by atoms with Gasteiger partial charge < -0.3 is 9.84 Å². The van der Waals surface area contributed by atoms with Crippen LogP contribution in [0.15, 0.2) is 0 Å². The van der Waals surface area contributed by atoms with E-state index in [1.807, 2.05) is 6.92 Å². The van der Waals surface area contributed by atoms with Gasteiger partial charge in [0.25, 0.3) is 0 Å². The molecule has 1 N–H and O–H groups in total. The van der Waals surface area contributed by atoms with E-state index in [9.17, 15) is 9.59 Å². The number of amides is 1. The Bertz CT molecular complexity index is 336. The van der Waals surface area contributed by atoms with E-state index in [1.165, 1.54) is 11.3 Å². The molecule has 2 rings (SSSR count). The molecule has 5 nitrogen and oxygen atoms in total. The lowest BCUT2D eigenvalue weighted by atomic mass is 9.86. The molecule has 0 unspecified atom stereocenters. The second-order valence-electron chi connectivity index (χ2n) is 5.57. The van der Waals surface area contributed by atoms with Crippen molar-refractivity contribution >= 4 is 12.1 Å². The molecule has 1 saturated heterocycles. The molecular weight excluding hydrogens is 234 g/mol. The van der Waals surface area contributed by atoms with Gasteiger partial charge in [-0.15, -0.1) is 0 Å². The summed E-state index contributed by atoms with van der Waals surface area (Å²) < 4.78 is 5.57. The minimum Gasteiger partial charge on any atom is -0.480 e. The van der Waals surface area contributed by atoms with Crippen molar-refractivity contribution in [3.05, 3.63) is 0 Å². The minimum atomic E-state index is -0.932. The number of nitrogens with zero attached hydrogens (tertiary/aromatic N) is 1. The van der Waals surface area contributed by atoms with E-state index in [4.69, 9.17) is 9.84 Å². The third-order valence-electron chi connectivity index (χ3n) is 4.02. The molecular formula is C13H21NO4. The van der Waals surface area contributed by atoms with Crippen molar-refractivity contribution in [3.63, 3.8) is 0 Å². The number of carbonyl (C=O) groups is 2. The van der Waals surface area contributed by atoms with Gasteiger partial charge in [0, 0.05) is 6.54 Å². The van der Waals surface area contributed by atoms with Crippen LogP contribution < -0.4 is 0 Å². The van der Waals surface area contributed by atoms with Gasteiger partial charge in [-0.3, -0.25) is 4.90 Å². The summed E-state index contributed by atoms with van der Waals surface area (Å²) in [6, 6.07) is -0.704. The van der Waals surface area contributed by atoms with Crippen molar-refractivity contribution in [2.45, 2.75) is 63.5 Å². The predicted molar refractivity (Wildman–Crippen MR) is 65.3 cm³/mol. The highest BCUT2D eigenvalue weighted by Gasteiger charge is 2.39. The summed E-state index contributed by atoms with van der Waals surface area (Å²) in [4.78, 5) is 24.5. The zero-order chi connectivity index (χ0) is 13.2. The van der Waals surface area contributed by atoms with Gasteiger partial charge in [0.2, 0.25) is 0 Å². The average molecular weight is 255 g/mol. The maximum absolute atomic E-state index is 12.1. The monoisotopic (exact) mass is 255 g/mol. The van der Waals surface area contributed by atoms with Gasteiger partial charge in [0.05, 0.1) is 0 Å². The molecule has 0 radical (unpaired) electrons. The fraction of sp³-hybridized carbons (Fsp3) is 0.846. The molecule has 2 fully saturated rings. The summed E-state index contributed by atoms with van der Waals surface area (Å²) in [5.41, 5.74) is -0.402. The third-order valence-corrected chi connectivity index (χ3v) is 4.02. The molecule has 2 aliphatic rings. The summed E-state index contributed by atoms with van der Waals surface area (Å²) >= 11 is 0. The molecule has 1 aliphatic carbocycles. The largest absolute Gasteiger partial charge is 0.480 e. The molecule has 1 saturated carbocycles. The molecule has 102 valence electrons. The minimum absolute atomic E-state index is 0.402. The molecule has 0 aromatic rings. The smallest absolute Gasteiger partial charge is 0.411 e. The first-order valence-corrected chi connectivity index (χ1v) is 6.74. The molecule has 0 aromatic heterocycles. The second kappa shape index (κ2) is 5.16. The van der Waals surface area contributed by atoms with Crippen LogP contribution in [0.1, 0.15) is 51.9 Å². The van der Waals surface area contributed by atoms with E-state index in [-0.39, 0.29) is 0 Å². The Morgan fingerprint density at radius 2 is 1.89 bits per heavy atom. The van der Waals surface area contributed by atoms with Crippen LogP contribution in [0.3, 0.4) is 0 Å². The van der Waals surface area contributed by atoms with Crippen molar-refractivity contribution < 1.29 is 19.4 Å². The van der Waals surface area contributed by atoms with E-state index in [2.05, 4.69) is 0 Å². The zero-order valence-electron chi connectivity index (χ0n) is 10.9. The second-order valence-corrected chi connectivity index (χ2v) is 5.57. The summed E-state index contributed by atoms with van der Waals surface area (Å²) in [7, 11) is 0. The van der Waals surface area contributed by atoms with Crippen LogP contribution in [0, 0.1) is 0 Å². The van der Waals surface area contributed by atoms with Crippen LogP contribution in [-0.2, 0) is 9.53 Å². The predicted octanol–water partition coefficient (Wildman–Crippen LogP) is 2.39. The number of carboxylic acid groups (broad SMARTS) is 1. The Balaban J connectivity index is 1.96. The fourth-order valence-corrected chi connectivity index (χ4v) is 2.91. The summed E-state index contributed by atoms with van der Waals surface area (Å²) in [5, 5.41) is 9.05. The van der Waals surface area contributed by atoms with E-state index in [0.29, 0.717) is 13.0 Å². The first kappa shape index (κ1) is 13.2. The molecule has 5 heteroatoms. The topological polar surface area (TPSA) is 66.8 Å². The molecule has 0 aromatic carbocycles. The highest BCUT2D eigenvalue weighted by atomic mass is 16.6. The maximum atomic E-state index is 12.1. The Morgan fingerprint density at radius 3 is 2.50 bits per heavy atom. The lowest BCUT2D eigenvalue weighted by molar-refractivity contribution is -0.142. The standard InChI is InChI=1S/C13H21NO4/c1-13(7-3-2-4-8-13)18-12(17)14-9-5-6-10(14)11(15)16/h10H,2-9H2,1H3,(H,15,16)/t10-/m0/s1. The molecule has 1 aliphatic heterocycles. The molecule has 1 heterocycles. The van der Waals surface area contributed by atoms with Gasteiger partial charge in [-0.25, -0.2) is 9.59 Å². The quantitative estimate of drug-likeness (QED) is 0.822. The first-order valence-electron chi connectivity index (χ1n) is 6.74. The Hall–Kier alpha value is -1.26. The first-order chi connectivity index (χ1) is 8.52. The molecule has 1 amide bonds. The van der Waals surface area contributed by atoms with Crippen LogP contribution in [-0.4, -0.2) is 40.3 Å². The lowest BCUT2D eigenvalue weighted by Crippen LogP contribution is -2.45. The van der Waals surface area contributed by atoms with Gasteiger partial charge in [-0.2, -0.15) is 0 Å². The average Bonchev–Trinajstić information content (AvgIpc) is 2.78. The summed E-state index contributed by atoms with van der Waals surface area (Å²) in [6.45, 7) is 2.45. The molecule has 18 heavy (non-hydrogen) atoms. The maximum Gasteiger partial charge on any atom is 0.411 e. The van der Waals surface area contributed by atoms with Crippen LogP contribution >= 0.6 is 0 Å². The molecule has 0 bridgehead atoms. The Labute approximate surface area is 107 Å². The summed E-state index contributed by atoms with van der Waals surface area (Å²) in [5.74, 6) is -0.932. The van der Waals surface area contributed by atoms with Gasteiger partial charge in [-0.1, -0.05) is 6.42 Å². The van der Waals surface area contributed by atoms with Crippen molar-refractivity contribution in [2.24, 2.45) is 0 Å². The number of aliphatic carboxylic acids is 1. The third kappa shape index (κ3) is 2.76. The number of ether oxygens (including phenoxy) is 1. The van der Waals surface area contributed by atoms with E-state index in [0.717, 1.165) is 32.1 Å². The fourth-order valence-electron chi connectivity index (χ4n) is 2.91. The molecule has 0 spiro atoms. The SMILES string of the molecule is CC1(OC(=O)N2CCC[C@H]2C(=O)O)CCCCC1. The Morgan fingerprint density at radius 1 is 1.22 bits per heavy atom.